The van der Waals surface area contributed by atoms with Crippen molar-refractivity contribution in [3.63, 3.8) is 0 Å². The maximum absolute atomic E-state index is 6.18. The van der Waals surface area contributed by atoms with E-state index in [1.165, 1.54) is 0 Å². The number of nitrogen functional groups attached to an aromatic ring is 1. The minimum Gasteiger partial charge on any atom is -0.496 e. The molecule has 0 unspecified atom stereocenters. The molecule has 0 spiro atoms. The van der Waals surface area contributed by atoms with Crippen LogP contribution in [-0.4, -0.2) is 19.1 Å². The van der Waals surface area contributed by atoms with Crippen molar-refractivity contribution in [2.45, 2.75) is 13.1 Å². The molecular formula is C16H19ClN2O. The molecule has 0 aliphatic rings. The molecule has 106 valence electrons. The average Bonchev–Trinajstić information content (AvgIpc) is 2.41. The van der Waals surface area contributed by atoms with E-state index in [4.69, 9.17) is 22.1 Å². The Morgan fingerprint density at radius 1 is 1.10 bits per heavy atom. The zero-order chi connectivity index (χ0) is 14.5. The molecule has 0 radical (unpaired) electrons. The lowest BCUT2D eigenvalue weighted by atomic mass is 10.1. The third-order valence-corrected chi connectivity index (χ3v) is 3.51. The smallest absolute Gasteiger partial charge is 0.123 e. The van der Waals surface area contributed by atoms with E-state index in [0.717, 1.165) is 40.7 Å². The number of hydrogen-bond acceptors (Lipinski definition) is 3. The lowest BCUT2D eigenvalue weighted by Gasteiger charge is -2.19. The summed E-state index contributed by atoms with van der Waals surface area (Å²) in [4.78, 5) is 2.18. The fraction of sp³-hybridized carbons (Fsp3) is 0.250. The number of anilines is 1. The number of methoxy groups -OCH3 is 1. The summed E-state index contributed by atoms with van der Waals surface area (Å²) in [5, 5.41) is 0.791. The van der Waals surface area contributed by atoms with E-state index < -0.39 is 0 Å². The zero-order valence-corrected chi connectivity index (χ0v) is 12.5. The van der Waals surface area contributed by atoms with E-state index in [1.807, 2.05) is 49.5 Å². The van der Waals surface area contributed by atoms with Crippen LogP contribution in [0.4, 0.5) is 5.69 Å². The van der Waals surface area contributed by atoms with Crippen LogP contribution in [0.15, 0.2) is 42.5 Å². The molecule has 2 aromatic rings. The van der Waals surface area contributed by atoms with E-state index in [9.17, 15) is 0 Å². The monoisotopic (exact) mass is 290 g/mol. The Kier molecular flexibility index (Phi) is 4.88. The summed E-state index contributed by atoms with van der Waals surface area (Å²) in [5.74, 6) is 0.852. The summed E-state index contributed by atoms with van der Waals surface area (Å²) in [6, 6.07) is 13.6. The summed E-state index contributed by atoms with van der Waals surface area (Å²) in [7, 11) is 3.72. The van der Waals surface area contributed by atoms with Gasteiger partial charge in [0.15, 0.2) is 0 Å². The third kappa shape index (κ3) is 3.65. The summed E-state index contributed by atoms with van der Waals surface area (Å²) in [6.07, 6.45) is 0. The second-order valence-corrected chi connectivity index (χ2v) is 5.24. The van der Waals surface area contributed by atoms with E-state index in [-0.39, 0.29) is 0 Å². The lowest BCUT2D eigenvalue weighted by molar-refractivity contribution is 0.310. The molecule has 2 aromatic carbocycles. The fourth-order valence-corrected chi connectivity index (χ4v) is 2.38. The molecule has 0 fully saturated rings. The van der Waals surface area contributed by atoms with Crippen LogP contribution in [0.2, 0.25) is 5.02 Å². The van der Waals surface area contributed by atoms with Gasteiger partial charge in [0, 0.05) is 29.4 Å². The van der Waals surface area contributed by atoms with Gasteiger partial charge in [-0.15, -0.1) is 0 Å². The minimum absolute atomic E-state index is 0.743. The van der Waals surface area contributed by atoms with Gasteiger partial charge in [-0.05, 0) is 36.9 Å². The van der Waals surface area contributed by atoms with Crippen LogP contribution in [0.5, 0.6) is 5.75 Å². The summed E-state index contributed by atoms with van der Waals surface area (Å²) in [5.41, 5.74) is 8.76. The zero-order valence-electron chi connectivity index (χ0n) is 11.8. The predicted octanol–water partition coefficient (Wildman–Crippen LogP) is 3.56. The molecule has 0 saturated carbocycles. The SMILES string of the molecule is COc1ccc(N)cc1CN(C)Cc1ccccc1Cl. The highest BCUT2D eigenvalue weighted by molar-refractivity contribution is 6.31. The Morgan fingerprint density at radius 3 is 2.50 bits per heavy atom. The molecule has 0 saturated heterocycles. The number of nitrogens with two attached hydrogens (primary N) is 1. The van der Waals surface area contributed by atoms with E-state index in [2.05, 4.69) is 4.90 Å². The Hall–Kier alpha value is -1.71. The van der Waals surface area contributed by atoms with Crippen molar-refractivity contribution in [2.75, 3.05) is 19.9 Å². The second kappa shape index (κ2) is 6.64. The largest absolute Gasteiger partial charge is 0.496 e. The fourth-order valence-electron chi connectivity index (χ4n) is 2.19. The van der Waals surface area contributed by atoms with Gasteiger partial charge in [0.1, 0.15) is 5.75 Å². The quantitative estimate of drug-likeness (QED) is 0.856. The van der Waals surface area contributed by atoms with Crippen LogP contribution in [0.25, 0.3) is 0 Å². The van der Waals surface area contributed by atoms with Crippen molar-refractivity contribution in [3.8, 4) is 5.75 Å². The van der Waals surface area contributed by atoms with Crippen molar-refractivity contribution in [1.29, 1.82) is 0 Å². The first kappa shape index (κ1) is 14.7. The maximum atomic E-state index is 6.18. The van der Waals surface area contributed by atoms with Crippen molar-refractivity contribution in [2.24, 2.45) is 0 Å². The molecule has 0 atom stereocenters. The number of ether oxygens (including phenoxy) is 1. The average molecular weight is 291 g/mol. The number of nitrogens with zero attached hydrogens (tertiary/aromatic N) is 1. The Bertz CT molecular complexity index is 586. The van der Waals surface area contributed by atoms with Crippen LogP contribution in [0.1, 0.15) is 11.1 Å². The molecule has 0 bridgehead atoms. The Morgan fingerprint density at radius 2 is 1.80 bits per heavy atom. The molecule has 2 N–H and O–H groups in total. The van der Waals surface area contributed by atoms with Crippen molar-refractivity contribution in [3.05, 3.63) is 58.6 Å². The lowest BCUT2D eigenvalue weighted by Crippen LogP contribution is -2.18. The Balaban J connectivity index is 2.10. The molecule has 3 nitrogen and oxygen atoms in total. The van der Waals surface area contributed by atoms with Crippen LogP contribution >= 0.6 is 11.6 Å². The topological polar surface area (TPSA) is 38.5 Å². The van der Waals surface area contributed by atoms with Crippen molar-refractivity contribution < 1.29 is 4.74 Å². The van der Waals surface area contributed by atoms with Gasteiger partial charge >= 0.3 is 0 Å². The van der Waals surface area contributed by atoms with Gasteiger partial charge in [0.25, 0.3) is 0 Å². The Labute approximate surface area is 124 Å². The number of benzene rings is 2. The predicted molar refractivity (Wildman–Crippen MR) is 84.0 cm³/mol. The number of halogens is 1. The first-order valence-electron chi connectivity index (χ1n) is 6.44. The van der Waals surface area contributed by atoms with Crippen molar-refractivity contribution >= 4 is 17.3 Å². The van der Waals surface area contributed by atoms with Crippen molar-refractivity contribution in [1.82, 2.24) is 4.90 Å². The van der Waals surface area contributed by atoms with Gasteiger partial charge in [0.2, 0.25) is 0 Å². The summed E-state index contributed by atoms with van der Waals surface area (Å²) in [6.45, 7) is 1.52. The number of hydrogen-bond donors (Lipinski definition) is 1. The number of rotatable bonds is 5. The van der Waals surface area contributed by atoms with Gasteiger partial charge in [-0.1, -0.05) is 29.8 Å². The van der Waals surface area contributed by atoms with Crippen LogP contribution in [-0.2, 0) is 13.1 Å². The molecule has 0 aromatic heterocycles. The molecule has 0 heterocycles. The van der Waals surface area contributed by atoms with Gasteiger partial charge in [-0.25, -0.2) is 0 Å². The third-order valence-electron chi connectivity index (χ3n) is 3.14. The summed E-state index contributed by atoms with van der Waals surface area (Å²) >= 11 is 6.18. The highest BCUT2D eigenvalue weighted by Gasteiger charge is 2.09. The molecule has 4 heteroatoms. The normalized spacial score (nSPS) is 10.8. The highest BCUT2D eigenvalue weighted by Crippen LogP contribution is 2.24. The summed E-state index contributed by atoms with van der Waals surface area (Å²) < 4.78 is 5.37. The first-order chi connectivity index (χ1) is 9.60. The van der Waals surface area contributed by atoms with Gasteiger partial charge < -0.3 is 10.5 Å². The molecular weight excluding hydrogens is 272 g/mol. The van der Waals surface area contributed by atoms with Gasteiger partial charge in [0.05, 0.1) is 7.11 Å². The van der Waals surface area contributed by atoms with Crippen LogP contribution < -0.4 is 10.5 Å². The van der Waals surface area contributed by atoms with Crippen LogP contribution in [0, 0.1) is 0 Å². The highest BCUT2D eigenvalue weighted by atomic mass is 35.5. The van der Waals surface area contributed by atoms with E-state index >= 15 is 0 Å². The van der Waals surface area contributed by atoms with Crippen LogP contribution in [0.3, 0.4) is 0 Å². The van der Waals surface area contributed by atoms with E-state index in [0.29, 0.717) is 0 Å². The van der Waals surface area contributed by atoms with Gasteiger partial charge in [-0.2, -0.15) is 0 Å². The van der Waals surface area contributed by atoms with E-state index in [1.54, 1.807) is 7.11 Å². The van der Waals surface area contributed by atoms with Gasteiger partial charge in [-0.3, -0.25) is 4.90 Å². The maximum Gasteiger partial charge on any atom is 0.123 e. The minimum atomic E-state index is 0.743. The molecule has 2 rings (SSSR count). The molecule has 0 aliphatic carbocycles. The molecule has 20 heavy (non-hydrogen) atoms. The standard InChI is InChI=1S/C16H19ClN2O/c1-19(10-12-5-3-4-6-15(12)17)11-13-9-14(18)7-8-16(13)20-2/h3-9H,10-11,18H2,1-2H3. The molecule has 0 aliphatic heterocycles. The first-order valence-corrected chi connectivity index (χ1v) is 6.82. The second-order valence-electron chi connectivity index (χ2n) is 4.83. The molecule has 0 amide bonds.